The molecule has 4 unspecified atom stereocenters. The Kier molecular flexibility index (Phi) is 18.6. The van der Waals surface area contributed by atoms with Crippen LogP contribution in [0.1, 0.15) is 78.1 Å². The van der Waals surface area contributed by atoms with Gasteiger partial charge in [-0.3, -0.25) is 14.4 Å². The molecule has 0 aliphatic heterocycles. The fourth-order valence-electron chi connectivity index (χ4n) is 3.71. The number of unbranched alkanes of at least 4 members (excludes halogenated alkanes) is 3. The standard InChI is InChI=1S/C24H49N7O5/c1-16(2)15-17(28)21(32)29-18(9-3-6-12-25)22(33)30-19(10-4-7-13-26)23(34)31-20(24(35)36)11-5-8-14-27/h16-20H,3-15,25-28H2,1-2H3,(H,29,32)(H,30,33)(H,31,34)(H,35,36). The zero-order valence-corrected chi connectivity index (χ0v) is 22.0. The van der Waals surface area contributed by atoms with Crippen molar-refractivity contribution in [2.45, 2.75) is 102 Å². The number of hydrogen-bond donors (Lipinski definition) is 8. The summed E-state index contributed by atoms with van der Waals surface area (Å²) in [5.74, 6) is -2.51. The number of carbonyl (C=O) groups is 4. The molecule has 12 N–H and O–H groups in total. The van der Waals surface area contributed by atoms with Gasteiger partial charge in [0, 0.05) is 0 Å². The van der Waals surface area contributed by atoms with Gasteiger partial charge in [-0.2, -0.15) is 0 Å². The molecule has 12 nitrogen and oxygen atoms in total. The molecule has 0 spiro atoms. The maximum Gasteiger partial charge on any atom is 0.326 e. The molecule has 4 atom stereocenters. The molecule has 0 saturated carbocycles. The molecule has 0 aliphatic rings. The van der Waals surface area contributed by atoms with Crippen molar-refractivity contribution < 1.29 is 24.3 Å². The quantitative estimate of drug-likeness (QED) is 0.0901. The normalized spacial score (nSPS) is 14.5. The molecule has 0 saturated heterocycles. The predicted molar refractivity (Wildman–Crippen MR) is 140 cm³/mol. The number of nitrogens with two attached hydrogens (primary N) is 4. The summed E-state index contributed by atoms with van der Waals surface area (Å²) in [5.41, 5.74) is 22.6. The van der Waals surface area contributed by atoms with Gasteiger partial charge in [0.25, 0.3) is 0 Å². The minimum Gasteiger partial charge on any atom is -0.480 e. The van der Waals surface area contributed by atoms with Crippen molar-refractivity contribution >= 4 is 23.7 Å². The minimum absolute atomic E-state index is 0.206. The molecule has 0 aromatic heterocycles. The van der Waals surface area contributed by atoms with Crippen LogP contribution < -0.4 is 38.9 Å². The van der Waals surface area contributed by atoms with Gasteiger partial charge in [-0.05, 0) is 89.8 Å². The minimum atomic E-state index is -1.15. The molecule has 0 aromatic carbocycles. The number of carbonyl (C=O) groups excluding carboxylic acids is 3. The Labute approximate surface area is 215 Å². The Morgan fingerprint density at radius 2 is 1.00 bits per heavy atom. The van der Waals surface area contributed by atoms with Gasteiger partial charge < -0.3 is 44.0 Å². The van der Waals surface area contributed by atoms with Crippen LogP contribution in [-0.4, -0.2) is 72.6 Å². The lowest BCUT2D eigenvalue weighted by Crippen LogP contribution is -2.57. The van der Waals surface area contributed by atoms with Crippen LogP contribution in [0.2, 0.25) is 0 Å². The summed E-state index contributed by atoms with van der Waals surface area (Å²) < 4.78 is 0. The summed E-state index contributed by atoms with van der Waals surface area (Å²) in [6.07, 6.45) is 4.95. The van der Waals surface area contributed by atoms with Crippen molar-refractivity contribution in [2.75, 3.05) is 19.6 Å². The van der Waals surface area contributed by atoms with Crippen LogP contribution in [-0.2, 0) is 19.2 Å². The second kappa shape index (κ2) is 19.9. The number of nitrogens with one attached hydrogen (secondary N) is 3. The maximum absolute atomic E-state index is 13.2. The lowest BCUT2D eigenvalue weighted by Gasteiger charge is -2.25. The monoisotopic (exact) mass is 515 g/mol. The molecule has 0 fully saturated rings. The van der Waals surface area contributed by atoms with Gasteiger partial charge in [0.1, 0.15) is 18.1 Å². The van der Waals surface area contributed by atoms with Crippen molar-refractivity contribution in [1.82, 2.24) is 16.0 Å². The van der Waals surface area contributed by atoms with Gasteiger partial charge in [-0.15, -0.1) is 0 Å². The first-order valence-corrected chi connectivity index (χ1v) is 13.1. The SMILES string of the molecule is CC(C)CC(N)C(=O)NC(CCCCN)C(=O)NC(CCCCN)C(=O)NC(CCCCN)C(=O)O. The molecule has 0 aliphatic carbocycles. The highest BCUT2D eigenvalue weighted by Gasteiger charge is 2.30. The van der Waals surface area contributed by atoms with Gasteiger partial charge in [0.2, 0.25) is 17.7 Å². The van der Waals surface area contributed by atoms with Gasteiger partial charge in [-0.25, -0.2) is 4.79 Å². The molecule has 0 bridgehead atoms. The fraction of sp³-hybridized carbons (Fsp3) is 0.833. The van der Waals surface area contributed by atoms with Gasteiger partial charge in [-0.1, -0.05) is 13.8 Å². The van der Waals surface area contributed by atoms with E-state index in [9.17, 15) is 24.3 Å². The molecule has 0 heterocycles. The Hall–Kier alpha value is -2.28. The van der Waals surface area contributed by atoms with Crippen LogP contribution in [0, 0.1) is 5.92 Å². The van der Waals surface area contributed by atoms with Crippen LogP contribution >= 0.6 is 0 Å². The molecule has 36 heavy (non-hydrogen) atoms. The van der Waals surface area contributed by atoms with E-state index in [0.29, 0.717) is 71.0 Å². The summed E-state index contributed by atoms with van der Waals surface area (Å²) in [6, 6.07) is -3.72. The van der Waals surface area contributed by atoms with E-state index < -0.39 is 47.9 Å². The van der Waals surface area contributed by atoms with E-state index in [1.165, 1.54) is 0 Å². The lowest BCUT2D eigenvalue weighted by atomic mass is 10.0. The summed E-state index contributed by atoms with van der Waals surface area (Å²) in [5, 5.41) is 17.5. The summed E-state index contributed by atoms with van der Waals surface area (Å²) in [6.45, 7) is 5.19. The summed E-state index contributed by atoms with van der Waals surface area (Å²) in [7, 11) is 0. The Bertz CT molecular complexity index is 663. The van der Waals surface area contributed by atoms with E-state index in [4.69, 9.17) is 22.9 Å². The summed E-state index contributed by atoms with van der Waals surface area (Å²) in [4.78, 5) is 50.4. The van der Waals surface area contributed by atoms with Crippen molar-refractivity contribution in [2.24, 2.45) is 28.9 Å². The molecular weight excluding hydrogens is 466 g/mol. The summed E-state index contributed by atoms with van der Waals surface area (Å²) >= 11 is 0. The van der Waals surface area contributed by atoms with Crippen molar-refractivity contribution in [3.05, 3.63) is 0 Å². The number of amides is 3. The highest BCUT2D eigenvalue weighted by atomic mass is 16.4. The number of carboxylic acid groups (broad SMARTS) is 1. The maximum atomic E-state index is 13.2. The van der Waals surface area contributed by atoms with Crippen LogP contribution in [0.3, 0.4) is 0 Å². The molecule has 3 amide bonds. The van der Waals surface area contributed by atoms with Crippen LogP contribution in [0.4, 0.5) is 0 Å². The van der Waals surface area contributed by atoms with E-state index in [-0.39, 0.29) is 18.8 Å². The zero-order chi connectivity index (χ0) is 27.5. The third-order valence-electron chi connectivity index (χ3n) is 5.78. The fourth-order valence-corrected chi connectivity index (χ4v) is 3.71. The van der Waals surface area contributed by atoms with Gasteiger partial charge in [0.15, 0.2) is 0 Å². The molecule has 0 rings (SSSR count). The van der Waals surface area contributed by atoms with Crippen molar-refractivity contribution in [3.8, 4) is 0 Å². The second-order valence-corrected chi connectivity index (χ2v) is 9.61. The van der Waals surface area contributed by atoms with E-state index in [0.717, 1.165) is 0 Å². The van der Waals surface area contributed by atoms with Crippen LogP contribution in [0.25, 0.3) is 0 Å². The zero-order valence-electron chi connectivity index (χ0n) is 22.0. The lowest BCUT2D eigenvalue weighted by molar-refractivity contribution is -0.142. The highest BCUT2D eigenvalue weighted by molar-refractivity contribution is 5.94. The van der Waals surface area contributed by atoms with Gasteiger partial charge >= 0.3 is 5.97 Å². The Morgan fingerprint density at radius 3 is 1.36 bits per heavy atom. The highest BCUT2D eigenvalue weighted by Crippen LogP contribution is 2.09. The van der Waals surface area contributed by atoms with Crippen LogP contribution in [0.15, 0.2) is 0 Å². The molecule has 210 valence electrons. The molecule has 0 radical (unpaired) electrons. The Balaban J connectivity index is 5.48. The third kappa shape index (κ3) is 15.0. The van der Waals surface area contributed by atoms with Crippen molar-refractivity contribution in [3.63, 3.8) is 0 Å². The first kappa shape index (κ1) is 33.7. The predicted octanol–water partition coefficient (Wildman–Crippen LogP) is -0.714. The largest absolute Gasteiger partial charge is 0.480 e. The van der Waals surface area contributed by atoms with E-state index >= 15 is 0 Å². The smallest absolute Gasteiger partial charge is 0.326 e. The third-order valence-corrected chi connectivity index (χ3v) is 5.78. The molecule has 12 heteroatoms. The number of aliphatic carboxylic acids is 1. The van der Waals surface area contributed by atoms with Gasteiger partial charge in [0.05, 0.1) is 6.04 Å². The average molecular weight is 516 g/mol. The van der Waals surface area contributed by atoms with Crippen molar-refractivity contribution in [1.29, 1.82) is 0 Å². The molecule has 0 aromatic rings. The topological polar surface area (TPSA) is 229 Å². The Morgan fingerprint density at radius 1 is 0.639 bits per heavy atom. The molecular formula is C24H49N7O5. The average Bonchev–Trinajstić information content (AvgIpc) is 2.81. The first-order chi connectivity index (χ1) is 17.1. The number of carboxylic acids is 1. The first-order valence-electron chi connectivity index (χ1n) is 13.1. The van der Waals surface area contributed by atoms with E-state index in [1.54, 1.807) is 0 Å². The van der Waals surface area contributed by atoms with E-state index in [2.05, 4.69) is 16.0 Å². The van der Waals surface area contributed by atoms with Crippen LogP contribution in [0.5, 0.6) is 0 Å². The van der Waals surface area contributed by atoms with E-state index in [1.807, 2.05) is 13.8 Å². The number of hydrogen-bond acceptors (Lipinski definition) is 8. The number of rotatable bonds is 21. The second-order valence-electron chi connectivity index (χ2n) is 9.61.